The number of aromatic nitrogens is 4. The zero-order valence-corrected chi connectivity index (χ0v) is 18.3. The predicted octanol–water partition coefficient (Wildman–Crippen LogP) is 4.56. The zero-order valence-electron chi connectivity index (χ0n) is 17.5. The first-order valence-corrected chi connectivity index (χ1v) is 10.7. The monoisotopic (exact) mass is 435 g/mol. The van der Waals surface area contributed by atoms with E-state index in [1.54, 1.807) is 23.0 Å². The van der Waals surface area contributed by atoms with E-state index in [0.717, 1.165) is 28.1 Å². The van der Waals surface area contributed by atoms with Crippen LogP contribution in [0, 0.1) is 26.6 Å². The molecule has 0 aliphatic heterocycles. The standard InChI is InChI=1S/C23H22FN5OS/c1-14-7-8-25-21(9-14)27-22(30)12-19-13-31-23(26-19)29-16(3)20(15(2)28-29)11-17-5-4-6-18(24)10-17/h4-10,13H,11-12H2,1-3H3,(H,25,27,30). The molecule has 0 saturated heterocycles. The van der Waals surface area contributed by atoms with Gasteiger partial charge in [-0.3, -0.25) is 4.79 Å². The summed E-state index contributed by atoms with van der Waals surface area (Å²) in [5.41, 5.74) is 5.47. The van der Waals surface area contributed by atoms with Gasteiger partial charge in [0.25, 0.3) is 0 Å². The molecule has 1 aromatic carbocycles. The van der Waals surface area contributed by atoms with Crippen LogP contribution in [0.1, 0.15) is 33.8 Å². The summed E-state index contributed by atoms with van der Waals surface area (Å²) in [6.45, 7) is 5.86. The molecule has 1 N–H and O–H groups in total. The molecule has 0 spiro atoms. The number of nitrogens with zero attached hydrogens (tertiary/aromatic N) is 4. The molecule has 0 unspecified atom stereocenters. The predicted molar refractivity (Wildman–Crippen MR) is 119 cm³/mol. The smallest absolute Gasteiger partial charge is 0.231 e. The van der Waals surface area contributed by atoms with Gasteiger partial charge < -0.3 is 5.32 Å². The van der Waals surface area contributed by atoms with Gasteiger partial charge in [0.15, 0.2) is 0 Å². The van der Waals surface area contributed by atoms with Crippen molar-refractivity contribution >= 4 is 23.1 Å². The van der Waals surface area contributed by atoms with Crippen LogP contribution in [0.2, 0.25) is 0 Å². The highest BCUT2D eigenvalue weighted by atomic mass is 32.1. The van der Waals surface area contributed by atoms with Crippen molar-refractivity contribution in [3.05, 3.63) is 87.6 Å². The van der Waals surface area contributed by atoms with Gasteiger partial charge in [0.2, 0.25) is 11.0 Å². The number of hydrogen-bond acceptors (Lipinski definition) is 5. The van der Waals surface area contributed by atoms with Crippen molar-refractivity contribution in [2.75, 3.05) is 5.32 Å². The van der Waals surface area contributed by atoms with Crippen LogP contribution in [0.15, 0.2) is 48.0 Å². The summed E-state index contributed by atoms with van der Waals surface area (Å²) < 4.78 is 15.3. The Kier molecular flexibility index (Phi) is 5.90. The summed E-state index contributed by atoms with van der Waals surface area (Å²) in [6.07, 6.45) is 2.41. The molecular formula is C23H22FN5OS. The first kappa shape index (κ1) is 20.9. The van der Waals surface area contributed by atoms with Crippen LogP contribution in [0.4, 0.5) is 10.2 Å². The topological polar surface area (TPSA) is 72.7 Å². The van der Waals surface area contributed by atoms with Crippen LogP contribution >= 0.6 is 11.3 Å². The van der Waals surface area contributed by atoms with Crippen LogP contribution in [0.25, 0.3) is 5.13 Å². The van der Waals surface area contributed by atoms with E-state index in [4.69, 9.17) is 0 Å². The molecule has 3 aromatic heterocycles. The molecule has 4 rings (SSSR count). The number of carbonyl (C=O) groups is 1. The average molecular weight is 436 g/mol. The fourth-order valence-electron chi connectivity index (χ4n) is 3.40. The van der Waals surface area contributed by atoms with Gasteiger partial charge in [-0.2, -0.15) is 5.10 Å². The summed E-state index contributed by atoms with van der Waals surface area (Å²) in [5.74, 6) is 0.111. The molecule has 0 radical (unpaired) electrons. The second-order valence-electron chi connectivity index (χ2n) is 7.43. The second-order valence-corrected chi connectivity index (χ2v) is 8.27. The number of thiazole rings is 1. The number of aryl methyl sites for hydroxylation is 2. The van der Waals surface area contributed by atoms with Crippen LogP contribution in [-0.2, 0) is 17.6 Å². The molecule has 6 nitrogen and oxygen atoms in total. The molecule has 31 heavy (non-hydrogen) atoms. The van der Waals surface area contributed by atoms with E-state index in [9.17, 15) is 9.18 Å². The number of amides is 1. The van der Waals surface area contributed by atoms with Crippen molar-refractivity contribution in [3.8, 4) is 5.13 Å². The van der Waals surface area contributed by atoms with Crippen molar-refractivity contribution in [1.82, 2.24) is 19.7 Å². The van der Waals surface area contributed by atoms with E-state index >= 15 is 0 Å². The Hall–Kier alpha value is -3.39. The van der Waals surface area contributed by atoms with Gasteiger partial charge in [0.1, 0.15) is 11.6 Å². The van der Waals surface area contributed by atoms with Crippen LogP contribution in [0.5, 0.6) is 0 Å². The van der Waals surface area contributed by atoms with Gasteiger partial charge in [-0.1, -0.05) is 12.1 Å². The third-order valence-corrected chi connectivity index (χ3v) is 5.82. The number of rotatable bonds is 6. The molecule has 0 aliphatic rings. The van der Waals surface area contributed by atoms with Crippen LogP contribution in [0.3, 0.4) is 0 Å². The number of pyridine rings is 1. The number of halogens is 1. The fraction of sp³-hybridized carbons (Fsp3) is 0.217. The molecule has 0 aliphatic carbocycles. The average Bonchev–Trinajstić information content (AvgIpc) is 3.27. The molecule has 8 heteroatoms. The minimum Gasteiger partial charge on any atom is -0.310 e. The fourth-order valence-corrected chi connectivity index (χ4v) is 4.22. The summed E-state index contributed by atoms with van der Waals surface area (Å²) >= 11 is 1.43. The number of benzene rings is 1. The lowest BCUT2D eigenvalue weighted by Crippen LogP contribution is -2.15. The lowest BCUT2D eigenvalue weighted by atomic mass is 10.0. The lowest BCUT2D eigenvalue weighted by Gasteiger charge is -2.04. The van der Waals surface area contributed by atoms with Crippen molar-refractivity contribution in [2.45, 2.75) is 33.6 Å². The van der Waals surface area contributed by atoms with E-state index in [0.29, 0.717) is 23.1 Å². The minimum atomic E-state index is -0.246. The molecule has 3 heterocycles. The van der Waals surface area contributed by atoms with Gasteiger partial charge in [-0.05, 0) is 56.2 Å². The molecule has 1 amide bonds. The molecule has 158 valence electrons. The Morgan fingerprint density at radius 3 is 2.81 bits per heavy atom. The zero-order chi connectivity index (χ0) is 22.0. The third-order valence-electron chi connectivity index (χ3n) is 4.96. The van der Waals surface area contributed by atoms with Crippen molar-refractivity contribution < 1.29 is 9.18 Å². The van der Waals surface area contributed by atoms with E-state index in [2.05, 4.69) is 20.4 Å². The Labute approximate surface area is 183 Å². The normalized spacial score (nSPS) is 11.0. The minimum absolute atomic E-state index is 0.154. The Balaban J connectivity index is 1.49. The third kappa shape index (κ3) is 4.86. The molecular weight excluding hydrogens is 413 g/mol. The maximum atomic E-state index is 13.5. The van der Waals surface area contributed by atoms with E-state index in [-0.39, 0.29) is 18.1 Å². The Bertz CT molecular complexity index is 1250. The number of anilines is 1. The first-order valence-electron chi connectivity index (χ1n) is 9.86. The highest BCUT2D eigenvalue weighted by Crippen LogP contribution is 2.23. The second kappa shape index (κ2) is 8.77. The largest absolute Gasteiger partial charge is 0.310 e. The van der Waals surface area contributed by atoms with Crippen molar-refractivity contribution in [2.24, 2.45) is 0 Å². The Morgan fingerprint density at radius 2 is 2.03 bits per heavy atom. The highest BCUT2D eigenvalue weighted by molar-refractivity contribution is 7.12. The van der Waals surface area contributed by atoms with Gasteiger partial charge in [-0.25, -0.2) is 19.0 Å². The number of carbonyl (C=O) groups excluding carboxylic acids is 1. The lowest BCUT2D eigenvalue weighted by molar-refractivity contribution is -0.115. The summed E-state index contributed by atoms with van der Waals surface area (Å²) in [5, 5.41) is 9.99. The first-order chi connectivity index (χ1) is 14.9. The van der Waals surface area contributed by atoms with Crippen LogP contribution < -0.4 is 5.32 Å². The van der Waals surface area contributed by atoms with Crippen molar-refractivity contribution in [1.29, 1.82) is 0 Å². The quantitative estimate of drug-likeness (QED) is 0.482. The number of hydrogen-bond donors (Lipinski definition) is 1. The summed E-state index contributed by atoms with van der Waals surface area (Å²) in [6, 6.07) is 10.3. The van der Waals surface area contributed by atoms with Crippen molar-refractivity contribution in [3.63, 3.8) is 0 Å². The summed E-state index contributed by atoms with van der Waals surface area (Å²) in [4.78, 5) is 21.1. The SMILES string of the molecule is Cc1ccnc(NC(=O)Cc2csc(-n3nc(C)c(Cc4cccc(F)c4)c3C)n2)c1. The van der Waals surface area contributed by atoms with E-state index in [1.807, 2.05) is 44.4 Å². The van der Waals surface area contributed by atoms with Gasteiger partial charge in [0.05, 0.1) is 17.8 Å². The molecule has 0 bridgehead atoms. The maximum absolute atomic E-state index is 13.5. The van der Waals surface area contributed by atoms with Gasteiger partial charge in [0, 0.05) is 29.3 Å². The molecule has 0 saturated carbocycles. The van der Waals surface area contributed by atoms with E-state index in [1.165, 1.54) is 17.4 Å². The van der Waals surface area contributed by atoms with Gasteiger partial charge >= 0.3 is 0 Å². The highest BCUT2D eigenvalue weighted by Gasteiger charge is 2.17. The van der Waals surface area contributed by atoms with Crippen LogP contribution in [-0.4, -0.2) is 25.7 Å². The molecule has 0 atom stereocenters. The summed E-state index contributed by atoms with van der Waals surface area (Å²) in [7, 11) is 0. The van der Waals surface area contributed by atoms with Gasteiger partial charge in [-0.15, -0.1) is 11.3 Å². The molecule has 0 fully saturated rings. The Morgan fingerprint density at radius 1 is 1.19 bits per heavy atom. The maximum Gasteiger partial charge on any atom is 0.231 e. The van der Waals surface area contributed by atoms with E-state index < -0.39 is 0 Å². The number of nitrogens with one attached hydrogen (secondary N) is 1. The molecule has 4 aromatic rings.